The predicted molar refractivity (Wildman–Crippen MR) is 118 cm³/mol. The largest absolute Gasteiger partial charge is 0.454 e. The van der Waals surface area contributed by atoms with Gasteiger partial charge in [0.1, 0.15) is 0 Å². The van der Waals surface area contributed by atoms with Crippen LogP contribution in [0.5, 0.6) is 11.5 Å². The first-order valence-electron chi connectivity index (χ1n) is 9.81. The van der Waals surface area contributed by atoms with E-state index in [1.165, 1.54) is 0 Å². The summed E-state index contributed by atoms with van der Waals surface area (Å²) in [7, 11) is 0. The predicted octanol–water partition coefficient (Wildman–Crippen LogP) is 4.14. The Morgan fingerprint density at radius 3 is 2.42 bits per heavy atom. The van der Waals surface area contributed by atoms with E-state index in [-0.39, 0.29) is 12.7 Å². The highest BCUT2D eigenvalue weighted by Gasteiger charge is 2.24. The lowest BCUT2D eigenvalue weighted by Crippen LogP contribution is -2.49. The van der Waals surface area contributed by atoms with Gasteiger partial charge in [0.2, 0.25) is 6.79 Å². The van der Waals surface area contributed by atoms with Crippen molar-refractivity contribution in [2.75, 3.05) is 37.9 Å². The van der Waals surface area contributed by atoms with Crippen LogP contribution in [-0.4, -0.2) is 54.0 Å². The fraction of sp³-hybridized carbons (Fsp3) is 0.227. The van der Waals surface area contributed by atoms with Crippen molar-refractivity contribution in [3.63, 3.8) is 0 Å². The summed E-state index contributed by atoms with van der Waals surface area (Å²) >= 11 is 12.1. The lowest BCUT2D eigenvalue weighted by molar-refractivity contribution is 0.0746. The van der Waals surface area contributed by atoms with Gasteiger partial charge in [-0.25, -0.2) is 0 Å². The SMILES string of the molecule is O=C(c1ccc(Cl)cc1Cl)N1CCN(c2ccc(-c3ccc4c(c3)OCO4)nn2)CC1. The molecule has 0 saturated carbocycles. The minimum Gasteiger partial charge on any atom is -0.454 e. The average Bonchev–Trinajstić information content (AvgIpc) is 3.27. The van der Waals surface area contributed by atoms with Gasteiger partial charge < -0.3 is 19.3 Å². The Morgan fingerprint density at radius 1 is 0.871 bits per heavy atom. The van der Waals surface area contributed by atoms with Crippen molar-refractivity contribution >= 4 is 34.9 Å². The molecule has 0 spiro atoms. The molecule has 2 aliphatic heterocycles. The number of ether oxygens (including phenoxy) is 2. The van der Waals surface area contributed by atoms with Crippen LogP contribution in [0.3, 0.4) is 0 Å². The molecule has 1 saturated heterocycles. The highest BCUT2D eigenvalue weighted by atomic mass is 35.5. The number of hydrogen-bond donors (Lipinski definition) is 0. The number of carbonyl (C=O) groups excluding carboxylic acids is 1. The number of anilines is 1. The standard InChI is InChI=1S/C22H18Cl2N4O3/c23-15-2-3-16(17(24)12-15)22(29)28-9-7-27(8-10-28)21-6-4-18(25-26-21)14-1-5-19-20(11-14)31-13-30-19/h1-6,11-12H,7-10,13H2. The van der Waals surface area contributed by atoms with Crippen molar-refractivity contribution in [1.29, 1.82) is 0 Å². The van der Waals surface area contributed by atoms with Gasteiger partial charge in [0.25, 0.3) is 5.91 Å². The van der Waals surface area contributed by atoms with Gasteiger partial charge in [-0.15, -0.1) is 10.2 Å². The number of fused-ring (bicyclic) bond motifs is 1. The maximum absolute atomic E-state index is 12.8. The van der Waals surface area contributed by atoms with E-state index in [2.05, 4.69) is 15.1 Å². The molecule has 1 aromatic heterocycles. The van der Waals surface area contributed by atoms with E-state index in [9.17, 15) is 4.79 Å². The van der Waals surface area contributed by atoms with Gasteiger partial charge in [0.05, 0.1) is 16.3 Å². The molecule has 1 fully saturated rings. The number of aromatic nitrogens is 2. The fourth-order valence-corrected chi connectivity index (χ4v) is 4.16. The number of amides is 1. The van der Waals surface area contributed by atoms with Crippen LogP contribution in [0.4, 0.5) is 5.82 Å². The van der Waals surface area contributed by atoms with E-state index in [4.69, 9.17) is 32.7 Å². The van der Waals surface area contributed by atoms with Gasteiger partial charge in [-0.2, -0.15) is 0 Å². The number of rotatable bonds is 3. The van der Waals surface area contributed by atoms with Crippen molar-refractivity contribution in [3.8, 4) is 22.8 Å². The summed E-state index contributed by atoms with van der Waals surface area (Å²) in [6.45, 7) is 2.71. The lowest BCUT2D eigenvalue weighted by Gasteiger charge is -2.35. The van der Waals surface area contributed by atoms with Gasteiger partial charge in [-0.3, -0.25) is 4.79 Å². The van der Waals surface area contributed by atoms with E-state index >= 15 is 0 Å². The third-order valence-corrected chi connectivity index (χ3v) is 5.92. The van der Waals surface area contributed by atoms with Crippen molar-refractivity contribution in [3.05, 3.63) is 64.1 Å². The second-order valence-electron chi connectivity index (χ2n) is 7.25. The van der Waals surface area contributed by atoms with Crippen LogP contribution in [0, 0.1) is 0 Å². The maximum Gasteiger partial charge on any atom is 0.255 e. The van der Waals surface area contributed by atoms with Crippen LogP contribution in [-0.2, 0) is 0 Å². The third-order valence-electron chi connectivity index (χ3n) is 5.37. The second kappa shape index (κ2) is 8.24. The Hall–Kier alpha value is -3.03. The number of halogens is 2. The minimum atomic E-state index is -0.0921. The molecular formula is C22H18Cl2N4O3. The quantitative estimate of drug-likeness (QED) is 0.589. The molecule has 0 atom stereocenters. The van der Waals surface area contributed by atoms with E-state index < -0.39 is 0 Å². The van der Waals surface area contributed by atoms with Gasteiger partial charge in [-0.05, 0) is 48.5 Å². The zero-order chi connectivity index (χ0) is 21.4. The molecule has 158 valence electrons. The molecular weight excluding hydrogens is 439 g/mol. The molecule has 2 aromatic carbocycles. The summed E-state index contributed by atoms with van der Waals surface area (Å²) in [5, 5.41) is 9.64. The monoisotopic (exact) mass is 456 g/mol. The topological polar surface area (TPSA) is 67.8 Å². The summed E-state index contributed by atoms with van der Waals surface area (Å²) in [6, 6.07) is 14.5. The van der Waals surface area contributed by atoms with Crippen molar-refractivity contribution in [2.24, 2.45) is 0 Å². The number of nitrogens with zero attached hydrogens (tertiary/aromatic N) is 4. The molecule has 0 radical (unpaired) electrons. The molecule has 2 aliphatic rings. The number of carbonyl (C=O) groups is 1. The number of piperazine rings is 1. The van der Waals surface area contributed by atoms with Crippen LogP contribution in [0.2, 0.25) is 10.0 Å². The molecule has 31 heavy (non-hydrogen) atoms. The van der Waals surface area contributed by atoms with Crippen LogP contribution in [0.1, 0.15) is 10.4 Å². The Morgan fingerprint density at radius 2 is 1.68 bits per heavy atom. The Balaban J connectivity index is 1.24. The first kappa shape index (κ1) is 19.9. The van der Waals surface area contributed by atoms with Crippen molar-refractivity contribution in [1.82, 2.24) is 15.1 Å². The maximum atomic E-state index is 12.8. The van der Waals surface area contributed by atoms with Crippen LogP contribution in [0.25, 0.3) is 11.3 Å². The Kier molecular flexibility index (Phi) is 5.29. The van der Waals surface area contributed by atoms with Crippen molar-refractivity contribution < 1.29 is 14.3 Å². The summed E-state index contributed by atoms with van der Waals surface area (Å²) in [5.74, 6) is 2.14. The molecule has 1 amide bonds. The average molecular weight is 457 g/mol. The highest BCUT2D eigenvalue weighted by Crippen LogP contribution is 2.35. The normalized spacial score (nSPS) is 15.3. The molecule has 0 bridgehead atoms. The molecule has 9 heteroatoms. The summed E-state index contributed by atoms with van der Waals surface area (Å²) in [5.41, 5.74) is 2.14. The minimum absolute atomic E-state index is 0.0921. The Labute approximate surface area is 189 Å². The summed E-state index contributed by atoms with van der Waals surface area (Å²) in [6.07, 6.45) is 0. The summed E-state index contributed by atoms with van der Waals surface area (Å²) < 4.78 is 10.8. The molecule has 5 rings (SSSR count). The Bertz CT molecular complexity index is 1130. The summed E-state index contributed by atoms with van der Waals surface area (Å²) in [4.78, 5) is 16.7. The first-order chi connectivity index (χ1) is 15.1. The van der Waals surface area contributed by atoms with Gasteiger partial charge in [0, 0.05) is 36.8 Å². The smallest absolute Gasteiger partial charge is 0.255 e. The van der Waals surface area contributed by atoms with Crippen LogP contribution >= 0.6 is 23.2 Å². The molecule has 7 nitrogen and oxygen atoms in total. The molecule has 0 unspecified atom stereocenters. The lowest BCUT2D eigenvalue weighted by atomic mass is 10.1. The van der Waals surface area contributed by atoms with Gasteiger partial charge >= 0.3 is 0 Å². The van der Waals surface area contributed by atoms with E-state index in [1.54, 1.807) is 23.1 Å². The fourth-order valence-electron chi connectivity index (χ4n) is 3.68. The molecule has 3 heterocycles. The van der Waals surface area contributed by atoms with Gasteiger partial charge in [0.15, 0.2) is 17.3 Å². The zero-order valence-electron chi connectivity index (χ0n) is 16.4. The van der Waals surface area contributed by atoms with E-state index in [1.807, 2.05) is 30.3 Å². The third kappa shape index (κ3) is 3.98. The molecule has 0 N–H and O–H groups in total. The van der Waals surface area contributed by atoms with Crippen LogP contribution < -0.4 is 14.4 Å². The zero-order valence-corrected chi connectivity index (χ0v) is 17.9. The molecule has 0 aliphatic carbocycles. The van der Waals surface area contributed by atoms with E-state index in [0.717, 1.165) is 22.8 Å². The number of benzene rings is 2. The first-order valence-corrected chi connectivity index (χ1v) is 10.6. The van der Waals surface area contributed by atoms with Crippen LogP contribution in [0.15, 0.2) is 48.5 Å². The number of hydrogen-bond acceptors (Lipinski definition) is 6. The highest BCUT2D eigenvalue weighted by molar-refractivity contribution is 6.36. The second-order valence-corrected chi connectivity index (χ2v) is 8.09. The van der Waals surface area contributed by atoms with Gasteiger partial charge in [-0.1, -0.05) is 23.2 Å². The van der Waals surface area contributed by atoms with Crippen molar-refractivity contribution in [2.45, 2.75) is 0 Å². The molecule has 3 aromatic rings. The van der Waals surface area contributed by atoms with E-state index in [0.29, 0.717) is 47.5 Å².